The lowest BCUT2D eigenvalue weighted by atomic mass is 10.5. The van der Waals surface area contributed by atoms with Crippen LogP contribution in [-0.4, -0.2) is 12.4 Å². The van der Waals surface area contributed by atoms with Crippen molar-refractivity contribution in [2.75, 3.05) is 12.4 Å². The molecule has 0 saturated heterocycles. The molecule has 0 unspecified atom stereocenters. The Labute approximate surface area is 49.0 Å². The molecule has 0 aromatic rings. The van der Waals surface area contributed by atoms with Gasteiger partial charge in [0.2, 0.25) is 0 Å². The molecule has 0 amide bonds. The molecular formula is C4H12N2S. The Balaban J connectivity index is 2.45. The molecule has 7 heavy (non-hydrogen) atoms. The fourth-order valence-corrected chi connectivity index (χ4v) is 0.570. The monoisotopic (exact) mass is 120 g/mol. The highest BCUT2D eigenvalue weighted by Crippen LogP contribution is 1.78. The zero-order chi connectivity index (χ0) is 5.54. The Kier molecular flexibility index (Phi) is 6.51. The molecule has 0 fully saturated rings. The van der Waals surface area contributed by atoms with Crippen LogP contribution in [0.4, 0.5) is 0 Å². The van der Waals surface area contributed by atoms with Crippen molar-refractivity contribution in [1.82, 2.24) is 5.32 Å². The average Bonchev–Trinajstić information content (AvgIpc) is 1.69. The third-order valence-electron chi connectivity index (χ3n) is 0.612. The summed E-state index contributed by atoms with van der Waals surface area (Å²) in [5, 5.41) is 8.25. The van der Waals surface area contributed by atoms with E-state index in [4.69, 9.17) is 5.14 Å². The number of nitrogens with two attached hydrogens (primary N) is 1. The summed E-state index contributed by atoms with van der Waals surface area (Å²) in [5.41, 5.74) is 0. The summed E-state index contributed by atoms with van der Waals surface area (Å²) in [6.45, 7) is 3.21. The first-order valence-electron chi connectivity index (χ1n) is 2.44. The van der Waals surface area contributed by atoms with Crippen molar-refractivity contribution in [3.05, 3.63) is 0 Å². The molecule has 0 bridgehead atoms. The molecule has 0 aliphatic carbocycles. The van der Waals surface area contributed by atoms with Crippen molar-refractivity contribution < 1.29 is 0 Å². The predicted octanol–water partition coefficient (Wildman–Crippen LogP) is 0.550. The molecular weight excluding hydrogens is 108 g/mol. The number of hydrogen-bond acceptors (Lipinski definition) is 3. The van der Waals surface area contributed by atoms with Gasteiger partial charge in [0, 0.05) is 0 Å². The third kappa shape index (κ3) is 6.27. The van der Waals surface area contributed by atoms with Crippen LogP contribution >= 0.6 is 11.9 Å². The fraction of sp³-hybridized carbons (Fsp3) is 1.00. The van der Waals surface area contributed by atoms with E-state index in [2.05, 4.69) is 12.2 Å². The van der Waals surface area contributed by atoms with Crippen LogP contribution in [0.25, 0.3) is 0 Å². The molecule has 0 rings (SSSR count). The summed E-state index contributed by atoms with van der Waals surface area (Å²) in [6.07, 6.45) is 1.18. The van der Waals surface area contributed by atoms with Crippen LogP contribution in [0, 0.1) is 0 Å². The van der Waals surface area contributed by atoms with Crippen LogP contribution in [0.1, 0.15) is 13.3 Å². The van der Waals surface area contributed by atoms with Gasteiger partial charge in [-0.05, 0) is 13.0 Å². The topological polar surface area (TPSA) is 38.0 Å². The molecule has 0 saturated carbocycles. The largest absolute Gasteiger partial charge is 0.307 e. The summed E-state index contributed by atoms with van der Waals surface area (Å²) >= 11 is 1.33. The Morgan fingerprint density at radius 3 is 2.86 bits per heavy atom. The van der Waals surface area contributed by atoms with Crippen LogP contribution in [0.15, 0.2) is 0 Å². The molecule has 0 atom stereocenters. The Morgan fingerprint density at radius 2 is 2.43 bits per heavy atom. The van der Waals surface area contributed by atoms with Crippen molar-refractivity contribution in [1.29, 1.82) is 0 Å². The van der Waals surface area contributed by atoms with Crippen molar-refractivity contribution in [3.8, 4) is 0 Å². The summed E-state index contributed by atoms with van der Waals surface area (Å²) in [7, 11) is 0. The highest BCUT2D eigenvalue weighted by molar-refractivity contribution is 7.97. The van der Waals surface area contributed by atoms with Gasteiger partial charge in [-0.15, -0.1) is 0 Å². The van der Waals surface area contributed by atoms with Crippen molar-refractivity contribution in [3.63, 3.8) is 0 Å². The first-order valence-corrected chi connectivity index (χ1v) is 3.49. The molecule has 0 radical (unpaired) electrons. The van der Waals surface area contributed by atoms with Gasteiger partial charge in [-0.1, -0.05) is 18.9 Å². The van der Waals surface area contributed by atoms with E-state index in [1.54, 1.807) is 0 Å². The third-order valence-corrected chi connectivity index (χ3v) is 0.983. The standard InChI is InChI=1S/C4H12N2S/c1-2-3-6-4-7-5/h6H,2-5H2,1H3. The van der Waals surface area contributed by atoms with E-state index in [9.17, 15) is 0 Å². The molecule has 2 nitrogen and oxygen atoms in total. The Hall–Kier alpha value is 0.270. The summed E-state index contributed by atoms with van der Waals surface area (Å²) < 4.78 is 0. The van der Waals surface area contributed by atoms with E-state index >= 15 is 0 Å². The Bertz CT molecular complexity index is 28.9. The maximum Gasteiger partial charge on any atom is 0.0563 e. The van der Waals surface area contributed by atoms with Gasteiger partial charge in [-0.2, -0.15) is 0 Å². The fourth-order valence-electron chi connectivity index (χ4n) is 0.308. The first-order chi connectivity index (χ1) is 3.41. The van der Waals surface area contributed by atoms with Gasteiger partial charge < -0.3 is 5.32 Å². The van der Waals surface area contributed by atoms with Crippen LogP contribution in [0.5, 0.6) is 0 Å². The van der Waals surface area contributed by atoms with E-state index < -0.39 is 0 Å². The number of rotatable bonds is 4. The van der Waals surface area contributed by atoms with E-state index in [0.29, 0.717) is 0 Å². The summed E-state index contributed by atoms with van der Waals surface area (Å²) in [5.74, 6) is 0.869. The maximum absolute atomic E-state index is 5.12. The Morgan fingerprint density at radius 1 is 1.71 bits per heavy atom. The molecule has 0 heterocycles. The van der Waals surface area contributed by atoms with E-state index in [-0.39, 0.29) is 0 Å². The van der Waals surface area contributed by atoms with Crippen molar-refractivity contribution in [2.45, 2.75) is 13.3 Å². The highest BCUT2D eigenvalue weighted by Gasteiger charge is 1.77. The van der Waals surface area contributed by atoms with Gasteiger partial charge in [-0.25, -0.2) is 0 Å². The molecule has 0 aliphatic heterocycles. The second-order valence-electron chi connectivity index (χ2n) is 1.31. The minimum Gasteiger partial charge on any atom is -0.307 e. The lowest BCUT2D eigenvalue weighted by Crippen LogP contribution is -2.14. The van der Waals surface area contributed by atoms with Crippen molar-refractivity contribution in [2.24, 2.45) is 5.14 Å². The lowest BCUT2D eigenvalue weighted by Gasteiger charge is -1.95. The van der Waals surface area contributed by atoms with Gasteiger partial charge in [-0.3, -0.25) is 5.14 Å². The minimum absolute atomic E-state index is 0.869. The molecule has 44 valence electrons. The zero-order valence-electron chi connectivity index (χ0n) is 4.61. The molecule has 0 spiro atoms. The summed E-state index contributed by atoms with van der Waals surface area (Å²) in [6, 6.07) is 0. The van der Waals surface area contributed by atoms with E-state index in [0.717, 1.165) is 12.4 Å². The molecule has 0 aliphatic rings. The van der Waals surface area contributed by atoms with Crippen LogP contribution in [0.2, 0.25) is 0 Å². The van der Waals surface area contributed by atoms with E-state index in [1.165, 1.54) is 18.4 Å². The maximum atomic E-state index is 5.12. The zero-order valence-corrected chi connectivity index (χ0v) is 5.42. The average molecular weight is 120 g/mol. The first kappa shape index (κ1) is 7.27. The second-order valence-corrected chi connectivity index (χ2v) is 1.93. The molecule has 3 heteroatoms. The number of nitrogens with one attached hydrogen (secondary N) is 1. The smallest absolute Gasteiger partial charge is 0.0563 e. The quantitative estimate of drug-likeness (QED) is 0.323. The van der Waals surface area contributed by atoms with Gasteiger partial charge in [0.15, 0.2) is 0 Å². The molecule has 0 aromatic heterocycles. The van der Waals surface area contributed by atoms with Gasteiger partial charge in [0.05, 0.1) is 5.88 Å². The van der Waals surface area contributed by atoms with Gasteiger partial charge in [0.1, 0.15) is 0 Å². The minimum atomic E-state index is 0.869. The van der Waals surface area contributed by atoms with Crippen LogP contribution in [-0.2, 0) is 0 Å². The van der Waals surface area contributed by atoms with Crippen molar-refractivity contribution >= 4 is 11.9 Å². The summed E-state index contributed by atoms with van der Waals surface area (Å²) in [4.78, 5) is 0. The van der Waals surface area contributed by atoms with Gasteiger partial charge >= 0.3 is 0 Å². The predicted molar refractivity (Wildman–Crippen MR) is 34.9 cm³/mol. The van der Waals surface area contributed by atoms with Crippen LogP contribution < -0.4 is 10.5 Å². The normalized spacial score (nSPS) is 9.43. The highest BCUT2D eigenvalue weighted by atomic mass is 32.2. The second kappa shape index (κ2) is 6.27. The van der Waals surface area contributed by atoms with Gasteiger partial charge in [0.25, 0.3) is 0 Å². The number of hydrogen-bond donors (Lipinski definition) is 2. The van der Waals surface area contributed by atoms with E-state index in [1.807, 2.05) is 0 Å². The molecule has 3 N–H and O–H groups in total. The molecule has 0 aromatic carbocycles. The SMILES string of the molecule is CCCNCSN. The van der Waals surface area contributed by atoms with Crippen LogP contribution in [0.3, 0.4) is 0 Å². The lowest BCUT2D eigenvalue weighted by molar-refractivity contribution is 0.756.